The van der Waals surface area contributed by atoms with Crippen molar-refractivity contribution in [2.45, 2.75) is 79.1 Å². The van der Waals surface area contributed by atoms with E-state index >= 15 is 0 Å². The zero-order valence-electron chi connectivity index (χ0n) is 14.4. The first-order valence-corrected chi connectivity index (χ1v) is 8.44. The van der Waals surface area contributed by atoms with Crippen LogP contribution in [0, 0.1) is 5.41 Å². The number of carbonyl (C=O) groups is 2. The van der Waals surface area contributed by atoms with Crippen molar-refractivity contribution in [1.29, 1.82) is 0 Å². The Hall–Kier alpha value is -1.06. The van der Waals surface area contributed by atoms with Crippen molar-refractivity contribution in [1.82, 2.24) is 10.6 Å². The van der Waals surface area contributed by atoms with Gasteiger partial charge in [0.25, 0.3) is 0 Å². The number of hydrogen-bond donors (Lipinski definition) is 2. The second-order valence-corrected chi connectivity index (χ2v) is 6.57. The second kappa shape index (κ2) is 11.6. The second-order valence-electron chi connectivity index (χ2n) is 6.57. The van der Waals surface area contributed by atoms with Gasteiger partial charge < -0.3 is 10.6 Å². The largest absolute Gasteiger partial charge is 0.356 e. The zero-order chi connectivity index (χ0) is 16.1. The molecule has 0 bridgehead atoms. The predicted molar refractivity (Wildman–Crippen MR) is 88.1 cm³/mol. The summed E-state index contributed by atoms with van der Waals surface area (Å²) in [5.41, 5.74) is 0.202. The Bertz CT molecular complexity index is 301. The summed E-state index contributed by atoms with van der Waals surface area (Å²) in [5, 5.41) is 5.94. The minimum atomic E-state index is 0.150. The van der Waals surface area contributed by atoms with Crippen LogP contribution in [0.2, 0.25) is 0 Å². The number of amides is 2. The third-order valence-electron chi connectivity index (χ3n) is 3.71. The van der Waals surface area contributed by atoms with Crippen LogP contribution in [0.3, 0.4) is 0 Å². The van der Waals surface area contributed by atoms with Gasteiger partial charge in [0.05, 0.1) is 0 Å². The van der Waals surface area contributed by atoms with Gasteiger partial charge in [0.2, 0.25) is 11.8 Å². The molecule has 0 radical (unpaired) electrons. The Morgan fingerprint density at radius 3 is 2.05 bits per heavy atom. The van der Waals surface area contributed by atoms with Gasteiger partial charge in [0, 0.05) is 25.9 Å². The smallest absolute Gasteiger partial charge is 0.219 e. The summed E-state index contributed by atoms with van der Waals surface area (Å²) in [7, 11) is 0. The van der Waals surface area contributed by atoms with E-state index in [-0.39, 0.29) is 17.2 Å². The molecule has 0 spiro atoms. The third kappa shape index (κ3) is 12.4. The van der Waals surface area contributed by atoms with Gasteiger partial charge in [-0.25, -0.2) is 0 Å². The van der Waals surface area contributed by atoms with Crippen LogP contribution in [0.15, 0.2) is 0 Å². The van der Waals surface area contributed by atoms with Gasteiger partial charge >= 0.3 is 0 Å². The lowest BCUT2D eigenvalue weighted by Gasteiger charge is -2.24. The van der Waals surface area contributed by atoms with Crippen molar-refractivity contribution in [2.24, 2.45) is 5.41 Å². The van der Waals surface area contributed by atoms with E-state index in [1.54, 1.807) is 0 Å². The van der Waals surface area contributed by atoms with Crippen molar-refractivity contribution in [2.75, 3.05) is 13.1 Å². The van der Waals surface area contributed by atoms with Gasteiger partial charge in [-0.1, -0.05) is 34.1 Å². The zero-order valence-corrected chi connectivity index (χ0v) is 14.4. The molecule has 0 aliphatic carbocycles. The van der Waals surface area contributed by atoms with Gasteiger partial charge in [-0.05, 0) is 37.5 Å². The topological polar surface area (TPSA) is 58.2 Å². The van der Waals surface area contributed by atoms with Crippen molar-refractivity contribution in [3.05, 3.63) is 0 Å². The number of hydrogen-bond acceptors (Lipinski definition) is 2. The van der Waals surface area contributed by atoms with Crippen LogP contribution in [0.25, 0.3) is 0 Å². The molecule has 0 fully saturated rings. The molecule has 0 rings (SSSR count). The monoisotopic (exact) mass is 298 g/mol. The highest BCUT2D eigenvalue weighted by Crippen LogP contribution is 2.25. The van der Waals surface area contributed by atoms with E-state index in [4.69, 9.17) is 0 Å². The highest BCUT2D eigenvalue weighted by Gasteiger charge is 2.17. The minimum absolute atomic E-state index is 0.150. The predicted octanol–water partition coefficient (Wildman–Crippen LogP) is 3.41. The van der Waals surface area contributed by atoms with Gasteiger partial charge in [-0.15, -0.1) is 0 Å². The fourth-order valence-corrected chi connectivity index (χ4v) is 2.20. The summed E-state index contributed by atoms with van der Waals surface area (Å²) in [6, 6.07) is 0. The Labute approximate surface area is 130 Å². The fourth-order valence-electron chi connectivity index (χ4n) is 2.20. The molecular formula is C17H34N2O2. The SMILES string of the molecule is CCCCC(=O)NCCCC(C)(C)CCNC(=O)CCC. The lowest BCUT2D eigenvalue weighted by atomic mass is 9.84. The van der Waals surface area contributed by atoms with Crippen molar-refractivity contribution in [3.63, 3.8) is 0 Å². The number of rotatable bonds is 12. The van der Waals surface area contributed by atoms with E-state index < -0.39 is 0 Å². The molecule has 0 heterocycles. The number of unbranched alkanes of at least 4 members (excludes halogenated alkanes) is 1. The van der Waals surface area contributed by atoms with E-state index in [9.17, 15) is 9.59 Å². The van der Waals surface area contributed by atoms with Crippen molar-refractivity contribution in [3.8, 4) is 0 Å². The van der Waals surface area contributed by atoms with E-state index in [1.165, 1.54) is 0 Å². The Kier molecular flexibility index (Phi) is 11.0. The molecule has 4 heteroatoms. The molecule has 2 amide bonds. The highest BCUT2D eigenvalue weighted by molar-refractivity contribution is 5.76. The summed E-state index contributed by atoms with van der Waals surface area (Å²) in [6.45, 7) is 10.0. The summed E-state index contributed by atoms with van der Waals surface area (Å²) >= 11 is 0. The van der Waals surface area contributed by atoms with Gasteiger partial charge in [-0.2, -0.15) is 0 Å². The van der Waals surface area contributed by atoms with Crippen LogP contribution in [0.4, 0.5) is 0 Å². The van der Waals surface area contributed by atoms with Crippen LogP contribution >= 0.6 is 0 Å². The number of carbonyl (C=O) groups excluding carboxylic acids is 2. The molecule has 0 aliphatic rings. The van der Waals surface area contributed by atoms with E-state index in [0.717, 1.165) is 51.6 Å². The lowest BCUT2D eigenvalue weighted by Crippen LogP contribution is -2.29. The van der Waals surface area contributed by atoms with Crippen molar-refractivity contribution < 1.29 is 9.59 Å². The molecule has 21 heavy (non-hydrogen) atoms. The molecule has 0 aliphatic heterocycles. The van der Waals surface area contributed by atoms with Crippen LogP contribution < -0.4 is 10.6 Å². The molecule has 0 aromatic carbocycles. The molecule has 124 valence electrons. The summed E-state index contributed by atoms with van der Waals surface area (Å²) < 4.78 is 0. The normalized spacial score (nSPS) is 11.2. The van der Waals surface area contributed by atoms with Crippen LogP contribution in [-0.2, 0) is 9.59 Å². The van der Waals surface area contributed by atoms with E-state index in [2.05, 4.69) is 31.4 Å². The lowest BCUT2D eigenvalue weighted by molar-refractivity contribution is -0.122. The first kappa shape index (κ1) is 19.9. The van der Waals surface area contributed by atoms with Gasteiger partial charge in [0.15, 0.2) is 0 Å². The molecule has 0 atom stereocenters. The Morgan fingerprint density at radius 2 is 1.43 bits per heavy atom. The minimum Gasteiger partial charge on any atom is -0.356 e. The maximum Gasteiger partial charge on any atom is 0.219 e. The van der Waals surface area contributed by atoms with Gasteiger partial charge in [-0.3, -0.25) is 9.59 Å². The average Bonchev–Trinajstić information content (AvgIpc) is 2.41. The summed E-state index contributed by atoms with van der Waals surface area (Å²) in [5.74, 6) is 0.318. The maximum atomic E-state index is 11.5. The van der Waals surface area contributed by atoms with Crippen molar-refractivity contribution >= 4 is 11.8 Å². The quantitative estimate of drug-likeness (QED) is 0.542. The highest BCUT2D eigenvalue weighted by atomic mass is 16.2. The maximum absolute atomic E-state index is 11.5. The standard InChI is InChI=1S/C17H34N2O2/c1-5-7-10-16(21)18-13-8-11-17(3,4)12-14-19-15(20)9-6-2/h5-14H2,1-4H3,(H,18,21)(H,19,20). The molecule has 0 saturated carbocycles. The summed E-state index contributed by atoms with van der Waals surface area (Å²) in [6.07, 6.45) is 7.21. The van der Waals surface area contributed by atoms with Crippen LogP contribution in [0.1, 0.15) is 79.1 Å². The first-order valence-electron chi connectivity index (χ1n) is 8.44. The molecular weight excluding hydrogens is 264 g/mol. The third-order valence-corrected chi connectivity index (χ3v) is 3.71. The summed E-state index contributed by atoms with van der Waals surface area (Å²) in [4.78, 5) is 22.9. The molecule has 0 aromatic rings. The molecule has 0 saturated heterocycles. The first-order chi connectivity index (χ1) is 9.91. The Morgan fingerprint density at radius 1 is 0.810 bits per heavy atom. The van der Waals surface area contributed by atoms with Crippen LogP contribution in [0.5, 0.6) is 0 Å². The molecule has 0 aromatic heterocycles. The van der Waals surface area contributed by atoms with Gasteiger partial charge in [0.1, 0.15) is 0 Å². The molecule has 2 N–H and O–H groups in total. The number of nitrogens with one attached hydrogen (secondary N) is 2. The van der Waals surface area contributed by atoms with E-state index in [1.807, 2.05) is 6.92 Å². The average molecular weight is 298 g/mol. The fraction of sp³-hybridized carbons (Fsp3) is 0.882. The Balaban J connectivity index is 3.67. The van der Waals surface area contributed by atoms with E-state index in [0.29, 0.717) is 12.8 Å². The molecule has 4 nitrogen and oxygen atoms in total. The van der Waals surface area contributed by atoms with Crippen LogP contribution in [-0.4, -0.2) is 24.9 Å². The molecule has 0 unspecified atom stereocenters.